The molecule has 3 rings (SSSR count). The Morgan fingerprint density at radius 3 is 2.72 bits per heavy atom. The third-order valence-electron chi connectivity index (χ3n) is 4.96. The minimum absolute atomic E-state index is 0.515. The Hall–Kier alpha value is -1.40. The molecule has 1 saturated heterocycles. The smallest absolute Gasteiger partial charge is 0.191 e. The van der Waals surface area contributed by atoms with Crippen LogP contribution in [0.2, 0.25) is 0 Å². The van der Waals surface area contributed by atoms with Gasteiger partial charge >= 0.3 is 0 Å². The van der Waals surface area contributed by atoms with Crippen LogP contribution in [0.5, 0.6) is 0 Å². The minimum atomic E-state index is 0.515. The first-order valence-electron chi connectivity index (χ1n) is 9.56. The molecule has 0 radical (unpaired) electrons. The fourth-order valence-corrected chi connectivity index (χ4v) is 4.11. The van der Waals surface area contributed by atoms with Crippen molar-refractivity contribution in [1.29, 1.82) is 0 Å². The van der Waals surface area contributed by atoms with Crippen LogP contribution in [-0.2, 0) is 6.54 Å². The van der Waals surface area contributed by atoms with Gasteiger partial charge in [0, 0.05) is 31.1 Å². The van der Waals surface area contributed by atoms with Crippen LogP contribution in [0, 0.1) is 12.8 Å². The molecule has 1 aliphatic carbocycles. The quantitative estimate of drug-likeness (QED) is 0.465. The zero-order valence-electron chi connectivity index (χ0n) is 15.5. The van der Waals surface area contributed by atoms with Crippen molar-refractivity contribution in [2.24, 2.45) is 10.9 Å². The topological polar surface area (TPSA) is 52.6 Å². The number of rotatable bonds is 6. The molecule has 1 fully saturated rings. The van der Waals surface area contributed by atoms with Crippen LogP contribution in [0.25, 0.3) is 0 Å². The average molecular weight is 362 g/mol. The molecule has 0 atom stereocenters. The summed E-state index contributed by atoms with van der Waals surface area (Å²) in [6, 6.07) is 0.515. The van der Waals surface area contributed by atoms with Crippen LogP contribution in [0.1, 0.15) is 43.3 Å². The van der Waals surface area contributed by atoms with Crippen molar-refractivity contribution in [1.82, 2.24) is 20.5 Å². The van der Waals surface area contributed by atoms with Crippen LogP contribution < -0.4 is 10.6 Å². The molecule has 6 heteroatoms. The number of nitrogens with zero attached hydrogens (tertiary/aromatic N) is 3. The lowest BCUT2D eigenvalue weighted by Crippen LogP contribution is -2.43. The number of guanidine groups is 1. The Bertz CT molecular complexity index is 578. The van der Waals surface area contributed by atoms with E-state index < -0.39 is 0 Å². The van der Waals surface area contributed by atoms with Gasteiger partial charge in [-0.15, -0.1) is 11.3 Å². The molecular formula is C19H31N5S. The summed E-state index contributed by atoms with van der Waals surface area (Å²) in [6.07, 6.45) is 9.19. The zero-order chi connectivity index (χ0) is 17.5. The fraction of sp³-hybridized carbons (Fsp3) is 0.684. The monoisotopic (exact) mass is 361 g/mol. The van der Waals surface area contributed by atoms with Gasteiger partial charge in [0.05, 0.1) is 10.7 Å². The van der Waals surface area contributed by atoms with Gasteiger partial charge in [0.15, 0.2) is 5.96 Å². The van der Waals surface area contributed by atoms with E-state index in [2.05, 4.69) is 51.9 Å². The molecular weight excluding hydrogens is 330 g/mol. The summed E-state index contributed by atoms with van der Waals surface area (Å²) in [4.78, 5) is 12.0. The highest BCUT2D eigenvalue weighted by Gasteiger charge is 2.20. The van der Waals surface area contributed by atoms with Crippen molar-refractivity contribution >= 4 is 17.3 Å². The van der Waals surface area contributed by atoms with Gasteiger partial charge in [0.25, 0.3) is 0 Å². The lowest BCUT2D eigenvalue weighted by atomic mass is 9.97. The Balaban J connectivity index is 1.42. The van der Waals surface area contributed by atoms with Gasteiger partial charge in [0.2, 0.25) is 0 Å². The number of hydrogen-bond donors (Lipinski definition) is 2. The van der Waals surface area contributed by atoms with Crippen molar-refractivity contribution < 1.29 is 0 Å². The van der Waals surface area contributed by atoms with Crippen molar-refractivity contribution in [3.63, 3.8) is 0 Å². The van der Waals surface area contributed by atoms with Gasteiger partial charge in [-0.05, 0) is 58.5 Å². The number of thiazole rings is 1. The largest absolute Gasteiger partial charge is 0.357 e. The fourth-order valence-electron chi connectivity index (χ4n) is 3.51. The van der Waals surface area contributed by atoms with Crippen LogP contribution in [0.3, 0.4) is 0 Å². The number of aromatic nitrogens is 1. The summed E-state index contributed by atoms with van der Waals surface area (Å²) in [7, 11) is 0. The standard InChI is InChI=1S/C19H31N5S/c1-3-20-19(23-17-6-4-5-7-17)21-12-16-8-10-24(11-9-16)13-18-14-25-15(2)22-18/h4-5,14,16-17H,3,6-13H2,1-2H3,(H2,20,21,23). The molecule has 1 aromatic heterocycles. The summed E-state index contributed by atoms with van der Waals surface area (Å²) in [5.41, 5.74) is 1.22. The van der Waals surface area contributed by atoms with Crippen molar-refractivity contribution in [3.8, 4) is 0 Å². The number of hydrogen-bond acceptors (Lipinski definition) is 4. The molecule has 25 heavy (non-hydrogen) atoms. The second kappa shape index (κ2) is 9.34. The first-order valence-corrected chi connectivity index (χ1v) is 10.4. The van der Waals surface area contributed by atoms with Crippen LogP contribution in [-0.4, -0.2) is 48.1 Å². The second-order valence-electron chi connectivity index (χ2n) is 7.08. The predicted octanol–water partition coefficient (Wildman–Crippen LogP) is 2.94. The van der Waals surface area contributed by atoms with Gasteiger partial charge in [-0.3, -0.25) is 9.89 Å². The van der Waals surface area contributed by atoms with E-state index in [0.29, 0.717) is 12.0 Å². The molecule has 2 heterocycles. The van der Waals surface area contributed by atoms with E-state index in [9.17, 15) is 0 Å². The molecule has 2 N–H and O–H groups in total. The number of aliphatic imine (C=N–C) groups is 1. The Morgan fingerprint density at radius 2 is 2.08 bits per heavy atom. The van der Waals surface area contributed by atoms with Gasteiger partial charge in [-0.1, -0.05) is 12.2 Å². The van der Waals surface area contributed by atoms with E-state index >= 15 is 0 Å². The van der Waals surface area contributed by atoms with Gasteiger partial charge in [0.1, 0.15) is 0 Å². The highest BCUT2D eigenvalue weighted by atomic mass is 32.1. The van der Waals surface area contributed by atoms with E-state index in [1.54, 1.807) is 11.3 Å². The highest BCUT2D eigenvalue weighted by molar-refractivity contribution is 7.09. The lowest BCUT2D eigenvalue weighted by Gasteiger charge is -2.30. The number of likely N-dealkylation sites (tertiary alicyclic amines) is 1. The van der Waals surface area contributed by atoms with E-state index in [0.717, 1.165) is 51.5 Å². The molecule has 1 aliphatic heterocycles. The molecule has 1 aromatic rings. The third-order valence-corrected chi connectivity index (χ3v) is 5.78. The first kappa shape index (κ1) is 18.4. The summed E-state index contributed by atoms with van der Waals surface area (Å²) < 4.78 is 0. The summed E-state index contributed by atoms with van der Waals surface area (Å²) >= 11 is 1.75. The van der Waals surface area contributed by atoms with Crippen LogP contribution >= 0.6 is 11.3 Å². The first-order chi connectivity index (χ1) is 12.2. The number of nitrogens with one attached hydrogen (secondary N) is 2. The molecule has 0 spiro atoms. The molecule has 0 saturated carbocycles. The maximum absolute atomic E-state index is 4.85. The number of piperidine rings is 1. The molecule has 5 nitrogen and oxygen atoms in total. The van der Waals surface area contributed by atoms with Gasteiger partial charge in [-0.25, -0.2) is 4.98 Å². The molecule has 0 unspecified atom stereocenters. The van der Waals surface area contributed by atoms with E-state index in [-0.39, 0.29) is 0 Å². The molecule has 2 aliphatic rings. The average Bonchev–Trinajstić information content (AvgIpc) is 3.26. The molecule has 0 bridgehead atoms. The SMILES string of the molecule is CCNC(=NCC1CCN(Cc2csc(C)n2)CC1)NC1CC=CC1. The van der Waals surface area contributed by atoms with Crippen LogP contribution in [0.4, 0.5) is 0 Å². The van der Waals surface area contributed by atoms with Crippen molar-refractivity contribution in [2.75, 3.05) is 26.2 Å². The van der Waals surface area contributed by atoms with Gasteiger partial charge < -0.3 is 10.6 Å². The molecule has 0 aromatic carbocycles. The lowest BCUT2D eigenvalue weighted by molar-refractivity contribution is 0.179. The molecule has 138 valence electrons. The normalized spacial score (nSPS) is 20.3. The van der Waals surface area contributed by atoms with Gasteiger partial charge in [-0.2, -0.15) is 0 Å². The van der Waals surface area contributed by atoms with E-state index in [1.165, 1.54) is 23.5 Å². The van der Waals surface area contributed by atoms with Crippen LogP contribution in [0.15, 0.2) is 22.5 Å². The number of aryl methyl sites for hydroxylation is 1. The van der Waals surface area contributed by atoms with E-state index in [1.807, 2.05) is 0 Å². The summed E-state index contributed by atoms with van der Waals surface area (Å²) in [5, 5.41) is 10.3. The maximum Gasteiger partial charge on any atom is 0.191 e. The van der Waals surface area contributed by atoms with E-state index in [4.69, 9.17) is 4.99 Å². The molecule has 0 amide bonds. The third kappa shape index (κ3) is 5.82. The summed E-state index contributed by atoms with van der Waals surface area (Å²) in [6.45, 7) is 9.37. The van der Waals surface area contributed by atoms with Crippen molar-refractivity contribution in [3.05, 3.63) is 28.2 Å². The van der Waals surface area contributed by atoms with Crippen molar-refractivity contribution in [2.45, 2.75) is 52.1 Å². The zero-order valence-corrected chi connectivity index (χ0v) is 16.3. The minimum Gasteiger partial charge on any atom is -0.357 e. The highest BCUT2D eigenvalue weighted by Crippen LogP contribution is 2.20. The summed E-state index contributed by atoms with van der Waals surface area (Å²) in [5.74, 6) is 1.68. The Morgan fingerprint density at radius 1 is 1.32 bits per heavy atom. The Labute approximate surface area is 155 Å². The second-order valence-corrected chi connectivity index (χ2v) is 8.14. The Kier molecular flexibility index (Phi) is 6.87. The predicted molar refractivity (Wildman–Crippen MR) is 106 cm³/mol. The maximum atomic E-state index is 4.85.